The van der Waals surface area contributed by atoms with Gasteiger partial charge in [0.1, 0.15) is 36.4 Å². The zero-order valence-electron chi connectivity index (χ0n) is 19.4. The summed E-state index contributed by atoms with van der Waals surface area (Å²) in [5, 5.41) is 29.0. The van der Waals surface area contributed by atoms with Crippen molar-refractivity contribution in [2.24, 2.45) is 0 Å². The Bertz CT molecular complexity index is 1200. The van der Waals surface area contributed by atoms with Crippen molar-refractivity contribution in [3.63, 3.8) is 0 Å². The number of rotatable bonds is 9. The van der Waals surface area contributed by atoms with E-state index >= 15 is 0 Å². The molecule has 0 saturated carbocycles. The van der Waals surface area contributed by atoms with Crippen LogP contribution in [0.25, 0.3) is 11.2 Å². The molecular formula is C14H27N6O14P3. The normalized spacial score (nSPS) is 26.4. The molecule has 0 radical (unpaired) electrons. The highest BCUT2D eigenvalue weighted by atomic mass is 31.3. The van der Waals surface area contributed by atoms with Gasteiger partial charge in [-0.3, -0.25) is 14.0 Å². The lowest BCUT2D eigenvalue weighted by Crippen LogP contribution is -2.33. The first-order valence-corrected chi connectivity index (χ1v) is 14.4. The number of hydrogen-bond donors (Lipinski definition) is 8. The monoisotopic (exact) mass is 596 g/mol. The molecule has 1 aliphatic heterocycles. The van der Waals surface area contributed by atoms with Crippen LogP contribution in [0, 0.1) is 0 Å². The number of hydrogen-bond acceptors (Lipinski definition) is 15. The molecule has 0 spiro atoms. The minimum Gasteiger partial charge on any atom is -0.387 e. The van der Waals surface area contributed by atoms with Crippen molar-refractivity contribution in [2.75, 3.05) is 26.4 Å². The van der Waals surface area contributed by atoms with Crippen LogP contribution in [0.5, 0.6) is 0 Å². The van der Waals surface area contributed by atoms with Gasteiger partial charge in [-0.15, -0.1) is 0 Å². The van der Waals surface area contributed by atoms with Crippen molar-refractivity contribution in [1.29, 1.82) is 0 Å². The number of phosphoric ester groups is 1. The molecule has 212 valence electrons. The molecule has 37 heavy (non-hydrogen) atoms. The number of nitrogens with two attached hydrogens (primary N) is 1. The van der Waals surface area contributed by atoms with Crippen LogP contribution < -0.4 is 5.73 Å². The minimum atomic E-state index is -5.70. The summed E-state index contributed by atoms with van der Waals surface area (Å²) in [6.07, 6.45) is -4.01. The maximum Gasteiger partial charge on any atom is 0.490 e. The standard InChI is InChI=1S/C10H16N5O13P3.C4H11NO/c11-8-5-9(13-2-12-8)15(3-14-5)10-7(17)6(16)4(26-10)1-25-30(21,22)28-31(23,24)27-29(18,19)20;1-4(6)5(2)3/h2-4,6-7,10,16-17H,1H2,(H,21,22)(H,23,24)(H2,11,12,13)(H2,18,19,20);4,6H,1-3H3/t4-,6?,7?,10-;/m1./s1. The topological polar surface area (TPSA) is 303 Å². The van der Waals surface area contributed by atoms with Crippen LogP contribution in [0.15, 0.2) is 12.7 Å². The molecule has 0 bridgehead atoms. The van der Waals surface area contributed by atoms with E-state index < -0.39 is 54.6 Å². The summed E-state index contributed by atoms with van der Waals surface area (Å²) >= 11 is 0. The smallest absolute Gasteiger partial charge is 0.387 e. The fourth-order valence-corrected chi connectivity index (χ4v) is 5.65. The van der Waals surface area contributed by atoms with Gasteiger partial charge in [-0.2, -0.15) is 8.62 Å². The van der Waals surface area contributed by atoms with Crippen molar-refractivity contribution < 1.29 is 66.5 Å². The summed E-state index contributed by atoms with van der Waals surface area (Å²) in [7, 11) is -13.0. The summed E-state index contributed by atoms with van der Waals surface area (Å²) in [6, 6.07) is 0. The summed E-state index contributed by atoms with van der Waals surface area (Å²) in [6.45, 7) is 0.766. The van der Waals surface area contributed by atoms with Crippen molar-refractivity contribution in [2.45, 2.75) is 37.7 Å². The number of aliphatic hydroxyl groups excluding tert-OH is 3. The van der Waals surface area contributed by atoms with E-state index in [1.54, 1.807) is 11.8 Å². The Morgan fingerprint density at radius 3 is 2.22 bits per heavy atom. The van der Waals surface area contributed by atoms with Gasteiger partial charge in [-0.1, -0.05) is 0 Å². The van der Waals surface area contributed by atoms with Gasteiger partial charge in [0.25, 0.3) is 0 Å². The Kier molecular flexibility index (Phi) is 10.4. The molecular weight excluding hydrogens is 569 g/mol. The molecule has 20 nitrogen and oxygen atoms in total. The highest BCUT2D eigenvalue weighted by Gasteiger charge is 2.47. The van der Waals surface area contributed by atoms with Gasteiger partial charge in [0, 0.05) is 0 Å². The first-order valence-electron chi connectivity index (χ1n) is 9.91. The Morgan fingerprint density at radius 2 is 1.68 bits per heavy atom. The summed E-state index contributed by atoms with van der Waals surface area (Å²) in [4.78, 5) is 49.0. The summed E-state index contributed by atoms with van der Waals surface area (Å²) < 4.78 is 51.9. The second kappa shape index (κ2) is 12.2. The van der Waals surface area contributed by atoms with Gasteiger partial charge >= 0.3 is 23.5 Å². The molecule has 0 aromatic carbocycles. The quantitative estimate of drug-likeness (QED) is 0.118. The Morgan fingerprint density at radius 1 is 1.08 bits per heavy atom. The van der Waals surface area contributed by atoms with Crippen LogP contribution >= 0.6 is 23.5 Å². The largest absolute Gasteiger partial charge is 0.490 e. The molecule has 1 aliphatic rings. The first kappa shape index (κ1) is 31.8. The number of anilines is 1. The second-order valence-corrected chi connectivity index (χ2v) is 12.0. The van der Waals surface area contributed by atoms with Gasteiger partial charge in [-0.25, -0.2) is 28.6 Å². The number of nitrogens with zero attached hydrogens (tertiary/aromatic N) is 5. The predicted molar refractivity (Wildman–Crippen MR) is 121 cm³/mol. The highest BCUT2D eigenvalue weighted by molar-refractivity contribution is 7.66. The van der Waals surface area contributed by atoms with Crippen LogP contribution in [-0.4, -0.2) is 105 Å². The zero-order chi connectivity index (χ0) is 28.3. The Balaban J connectivity index is 0.000000717. The zero-order valence-corrected chi connectivity index (χ0v) is 22.1. The van der Waals surface area contributed by atoms with Gasteiger partial charge < -0.3 is 45.4 Å². The van der Waals surface area contributed by atoms with Gasteiger partial charge in [-0.05, 0) is 21.0 Å². The number of ether oxygens (including phenoxy) is 1. The maximum atomic E-state index is 11.8. The second-order valence-electron chi connectivity index (χ2n) is 7.61. The first-order chi connectivity index (χ1) is 16.8. The number of nitrogen functional groups attached to an aromatic ring is 1. The third-order valence-electron chi connectivity index (χ3n) is 4.56. The molecule has 2 aromatic rings. The fraction of sp³-hybridized carbons (Fsp3) is 0.643. The predicted octanol–water partition coefficient (Wildman–Crippen LogP) is -1.74. The fourth-order valence-electron chi connectivity index (χ4n) is 2.62. The van der Waals surface area contributed by atoms with E-state index in [9.17, 15) is 28.8 Å². The molecule has 7 atom stereocenters. The average molecular weight is 596 g/mol. The van der Waals surface area contributed by atoms with Crippen LogP contribution in [0.1, 0.15) is 13.2 Å². The molecule has 2 aromatic heterocycles. The van der Waals surface area contributed by atoms with Crippen molar-refractivity contribution in [1.82, 2.24) is 24.4 Å². The van der Waals surface area contributed by atoms with Gasteiger partial charge in [0.2, 0.25) is 0 Å². The molecule has 0 amide bonds. The Hall–Kier alpha value is -1.44. The minimum absolute atomic E-state index is 0.0426. The molecule has 0 aliphatic carbocycles. The average Bonchev–Trinajstić information content (AvgIpc) is 3.27. The van der Waals surface area contributed by atoms with E-state index in [0.717, 1.165) is 6.33 Å². The van der Waals surface area contributed by atoms with Crippen LogP contribution in [0.3, 0.4) is 0 Å². The van der Waals surface area contributed by atoms with E-state index in [1.165, 1.54) is 10.9 Å². The molecule has 3 rings (SSSR count). The molecule has 23 heteroatoms. The maximum absolute atomic E-state index is 11.8. The number of aromatic nitrogens is 4. The van der Waals surface area contributed by atoms with E-state index in [-0.39, 0.29) is 23.2 Å². The number of aliphatic hydroxyl groups is 3. The molecule has 3 heterocycles. The lowest BCUT2D eigenvalue weighted by Gasteiger charge is -2.19. The number of phosphoric acid groups is 3. The third kappa shape index (κ3) is 9.07. The molecule has 1 saturated heterocycles. The van der Waals surface area contributed by atoms with E-state index in [1.807, 2.05) is 14.1 Å². The van der Waals surface area contributed by atoms with Gasteiger partial charge in [0.05, 0.1) is 12.9 Å². The highest BCUT2D eigenvalue weighted by Crippen LogP contribution is 2.66. The molecule has 9 N–H and O–H groups in total. The van der Waals surface area contributed by atoms with Crippen LogP contribution in [0.4, 0.5) is 5.82 Å². The van der Waals surface area contributed by atoms with Crippen molar-refractivity contribution >= 4 is 40.4 Å². The summed E-state index contributed by atoms with van der Waals surface area (Å²) in [5.74, 6) is 0.0426. The number of imidazole rings is 1. The van der Waals surface area contributed by atoms with Crippen LogP contribution in [0.2, 0.25) is 0 Å². The van der Waals surface area contributed by atoms with Gasteiger partial charge in [0.15, 0.2) is 17.7 Å². The Labute approximate surface area is 208 Å². The third-order valence-corrected chi connectivity index (χ3v) is 8.37. The van der Waals surface area contributed by atoms with Crippen LogP contribution in [-0.2, 0) is 31.6 Å². The number of fused-ring (bicyclic) bond motifs is 1. The van der Waals surface area contributed by atoms with E-state index in [4.69, 9.17) is 30.3 Å². The van der Waals surface area contributed by atoms with Crippen molar-refractivity contribution in [3.8, 4) is 0 Å². The van der Waals surface area contributed by atoms with E-state index in [0.29, 0.717) is 0 Å². The molecule has 1 fully saturated rings. The SMILES string of the molecule is CC(O)N(C)C.Nc1ncnc2c1ncn2[C@@H]1O[C@H](COP(=O)(O)OP(=O)(O)OP(=O)(O)O)C(O)C1O. The van der Waals surface area contributed by atoms with Crippen molar-refractivity contribution in [3.05, 3.63) is 12.7 Å². The molecule has 5 unspecified atom stereocenters. The van der Waals surface area contributed by atoms with E-state index in [2.05, 4.69) is 28.1 Å². The lowest BCUT2D eigenvalue weighted by molar-refractivity contribution is -0.0503. The summed E-state index contributed by atoms with van der Waals surface area (Å²) in [5.41, 5.74) is 6.00. The lowest BCUT2D eigenvalue weighted by atomic mass is 10.1.